The molecule has 1 atom stereocenters. The van der Waals surface area contributed by atoms with Crippen molar-refractivity contribution in [2.45, 2.75) is 39.3 Å². The minimum Gasteiger partial charge on any atom is -0.467 e. The van der Waals surface area contributed by atoms with E-state index in [1.165, 1.54) is 18.4 Å². The standard InChI is InChI=1S/C28H27F2N3O3/c1-28(2)13-22-26(24(34)14-28)27(17-10-18(29)12-19(30)11-17)33(23-8-4-3-7-21(23)32-22)16-25(35)31-15-20-6-5-9-36-20/h3-12,27,32H,13-16H2,1-2H3,(H,31,35). The number of nitrogens with zero attached hydrogens (tertiary/aromatic N) is 1. The predicted molar refractivity (Wildman–Crippen MR) is 132 cm³/mol. The predicted octanol–water partition coefficient (Wildman–Crippen LogP) is 5.49. The first-order valence-electron chi connectivity index (χ1n) is 11.8. The van der Waals surface area contributed by atoms with Crippen LogP contribution in [0.5, 0.6) is 0 Å². The number of furan rings is 1. The largest absolute Gasteiger partial charge is 0.467 e. The number of anilines is 2. The summed E-state index contributed by atoms with van der Waals surface area (Å²) in [5.74, 6) is -1.33. The zero-order chi connectivity index (χ0) is 25.4. The highest BCUT2D eigenvalue weighted by molar-refractivity contribution is 6.01. The average molecular weight is 492 g/mol. The number of carbonyl (C=O) groups is 2. The minimum absolute atomic E-state index is 0.114. The lowest BCUT2D eigenvalue weighted by molar-refractivity contribution is -0.121. The van der Waals surface area contributed by atoms with Crippen molar-refractivity contribution >= 4 is 23.1 Å². The average Bonchev–Trinajstić information content (AvgIpc) is 3.27. The van der Waals surface area contributed by atoms with E-state index >= 15 is 0 Å². The lowest BCUT2D eigenvalue weighted by Gasteiger charge is -2.37. The molecule has 0 saturated carbocycles. The van der Waals surface area contributed by atoms with Crippen LogP contribution in [0.4, 0.5) is 20.2 Å². The van der Waals surface area contributed by atoms with Crippen LogP contribution in [0, 0.1) is 17.0 Å². The normalized spacial score (nSPS) is 18.7. The summed E-state index contributed by atoms with van der Waals surface area (Å²) in [5.41, 5.74) is 2.48. The Bertz CT molecular complexity index is 1330. The molecule has 1 amide bonds. The van der Waals surface area contributed by atoms with Gasteiger partial charge in [0.15, 0.2) is 5.78 Å². The van der Waals surface area contributed by atoms with Crippen LogP contribution in [-0.4, -0.2) is 18.2 Å². The zero-order valence-electron chi connectivity index (χ0n) is 20.1. The van der Waals surface area contributed by atoms with Gasteiger partial charge in [0.2, 0.25) is 5.91 Å². The summed E-state index contributed by atoms with van der Waals surface area (Å²) in [4.78, 5) is 28.5. The first-order chi connectivity index (χ1) is 17.2. The first-order valence-corrected chi connectivity index (χ1v) is 11.8. The Balaban J connectivity index is 1.63. The zero-order valence-corrected chi connectivity index (χ0v) is 20.1. The van der Waals surface area contributed by atoms with Crippen molar-refractivity contribution in [3.8, 4) is 0 Å². The number of para-hydroxylation sites is 2. The van der Waals surface area contributed by atoms with Gasteiger partial charge in [0, 0.05) is 23.8 Å². The van der Waals surface area contributed by atoms with Gasteiger partial charge in [0.1, 0.15) is 17.4 Å². The van der Waals surface area contributed by atoms with E-state index in [1.807, 2.05) is 38.1 Å². The van der Waals surface area contributed by atoms with Crippen LogP contribution < -0.4 is 15.5 Å². The molecular formula is C28H27F2N3O3. The van der Waals surface area contributed by atoms with Gasteiger partial charge < -0.3 is 20.0 Å². The molecular weight excluding hydrogens is 464 g/mol. The van der Waals surface area contributed by atoms with Crippen molar-refractivity contribution in [3.63, 3.8) is 0 Å². The molecule has 0 bridgehead atoms. The number of hydrogen-bond donors (Lipinski definition) is 2. The highest BCUT2D eigenvalue weighted by atomic mass is 19.1. The third-order valence-corrected chi connectivity index (χ3v) is 6.56. The third-order valence-electron chi connectivity index (χ3n) is 6.56. The van der Waals surface area contributed by atoms with E-state index in [4.69, 9.17) is 4.42 Å². The molecule has 2 aromatic carbocycles. The van der Waals surface area contributed by atoms with Crippen LogP contribution in [0.15, 0.2) is 76.5 Å². The highest BCUT2D eigenvalue weighted by Crippen LogP contribution is 2.48. The number of carbonyl (C=O) groups excluding carboxylic acids is 2. The van der Waals surface area contributed by atoms with Gasteiger partial charge in [-0.05, 0) is 53.8 Å². The molecule has 1 aliphatic carbocycles. The summed E-state index contributed by atoms with van der Waals surface area (Å²) in [6.45, 7) is 4.09. The molecule has 1 aliphatic heterocycles. The molecule has 186 valence electrons. The maximum Gasteiger partial charge on any atom is 0.239 e. The second kappa shape index (κ2) is 9.26. The van der Waals surface area contributed by atoms with Gasteiger partial charge in [-0.25, -0.2) is 8.78 Å². The van der Waals surface area contributed by atoms with E-state index in [0.717, 1.165) is 6.07 Å². The second-order valence-corrected chi connectivity index (χ2v) is 10.1. The molecule has 2 aliphatic rings. The Morgan fingerprint density at radius 1 is 1.11 bits per heavy atom. The second-order valence-electron chi connectivity index (χ2n) is 10.1. The molecule has 5 rings (SSSR count). The fourth-order valence-corrected chi connectivity index (χ4v) is 5.12. The van der Waals surface area contributed by atoms with Crippen molar-refractivity contribution in [2.24, 2.45) is 5.41 Å². The van der Waals surface area contributed by atoms with Gasteiger partial charge in [-0.3, -0.25) is 9.59 Å². The van der Waals surface area contributed by atoms with Gasteiger partial charge in [-0.2, -0.15) is 0 Å². The quantitative estimate of drug-likeness (QED) is 0.494. The molecule has 2 N–H and O–H groups in total. The van der Waals surface area contributed by atoms with Gasteiger partial charge in [0.05, 0.1) is 36.8 Å². The summed E-state index contributed by atoms with van der Waals surface area (Å²) in [6.07, 6.45) is 2.39. The van der Waals surface area contributed by atoms with Crippen molar-refractivity contribution < 1.29 is 22.8 Å². The Morgan fingerprint density at radius 3 is 2.58 bits per heavy atom. The monoisotopic (exact) mass is 491 g/mol. The topological polar surface area (TPSA) is 74.6 Å². The number of rotatable bonds is 5. The number of benzene rings is 2. The molecule has 6 nitrogen and oxygen atoms in total. The molecule has 36 heavy (non-hydrogen) atoms. The van der Waals surface area contributed by atoms with Gasteiger partial charge in [-0.15, -0.1) is 0 Å². The van der Waals surface area contributed by atoms with E-state index in [1.54, 1.807) is 17.0 Å². The Morgan fingerprint density at radius 2 is 1.86 bits per heavy atom. The SMILES string of the molecule is CC1(C)CC(=O)C2=C(C1)Nc1ccccc1N(CC(=O)NCc1ccco1)C2c1cc(F)cc(F)c1. The molecule has 8 heteroatoms. The van der Waals surface area contributed by atoms with Crippen LogP contribution in [0.3, 0.4) is 0 Å². The summed E-state index contributed by atoms with van der Waals surface area (Å²) in [6, 6.07) is 13.3. The van der Waals surface area contributed by atoms with Crippen molar-refractivity contribution in [1.82, 2.24) is 5.32 Å². The van der Waals surface area contributed by atoms with E-state index in [9.17, 15) is 18.4 Å². The number of nitrogens with one attached hydrogen (secondary N) is 2. The summed E-state index contributed by atoms with van der Waals surface area (Å²) >= 11 is 0. The van der Waals surface area contributed by atoms with Crippen LogP contribution in [-0.2, 0) is 16.1 Å². The van der Waals surface area contributed by atoms with Crippen LogP contribution >= 0.6 is 0 Å². The maximum atomic E-state index is 14.4. The summed E-state index contributed by atoms with van der Waals surface area (Å²) in [7, 11) is 0. The molecule has 0 saturated heterocycles. The van der Waals surface area contributed by atoms with E-state index < -0.39 is 17.7 Å². The van der Waals surface area contributed by atoms with Crippen molar-refractivity contribution in [3.05, 3.63) is 95.1 Å². The first kappa shape index (κ1) is 23.8. The number of ketones is 1. The molecule has 2 heterocycles. The van der Waals surface area contributed by atoms with Crippen LogP contribution in [0.2, 0.25) is 0 Å². The Hall–Kier alpha value is -3.94. The molecule has 1 unspecified atom stereocenters. The fraction of sp³-hybridized carbons (Fsp3) is 0.286. The molecule has 0 fully saturated rings. The molecule has 0 spiro atoms. The smallest absolute Gasteiger partial charge is 0.239 e. The van der Waals surface area contributed by atoms with Crippen molar-refractivity contribution in [1.29, 1.82) is 0 Å². The summed E-state index contributed by atoms with van der Waals surface area (Å²) < 4.78 is 34.2. The van der Waals surface area contributed by atoms with Gasteiger partial charge in [-0.1, -0.05) is 26.0 Å². The van der Waals surface area contributed by atoms with E-state index in [2.05, 4.69) is 10.6 Å². The molecule has 0 radical (unpaired) electrons. The van der Waals surface area contributed by atoms with Crippen molar-refractivity contribution in [2.75, 3.05) is 16.8 Å². The van der Waals surface area contributed by atoms with Crippen LogP contribution in [0.1, 0.15) is 44.1 Å². The molecule has 3 aromatic rings. The van der Waals surface area contributed by atoms with E-state index in [0.29, 0.717) is 34.8 Å². The minimum atomic E-state index is -0.862. The fourth-order valence-electron chi connectivity index (χ4n) is 5.12. The lowest BCUT2D eigenvalue weighted by Crippen LogP contribution is -2.42. The highest BCUT2D eigenvalue weighted by Gasteiger charge is 2.42. The number of Topliss-reactive ketones (excluding diaryl/α,β-unsaturated/α-hetero) is 1. The number of hydrogen-bond acceptors (Lipinski definition) is 5. The summed E-state index contributed by atoms with van der Waals surface area (Å²) in [5, 5.41) is 6.25. The molecule has 1 aromatic heterocycles. The maximum absolute atomic E-state index is 14.4. The van der Waals surface area contributed by atoms with E-state index in [-0.39, 0.29) is 42.2 Å². The Kier molecular flexibility index (Phi) is 6.12. The number of allylic oxidation sites excluding steroid dienone is 1. The van der Waals surface area contributed by atoms with Gasteiger partial charge >= 0.3 is 0 Å². The van der Waals surface area contributed by atoms with Crippen LogP contribution in [0.25, 0.3) is 0 Å². The van der Waals surface area contributed by atoms with Gasteiger partial charge in [0.25, 0.3) is 0 Å². The number of amides is 1. The third kappa shape index (κ3) is 4.76. The number of fused-ring (bicyclic) bond motifs is 1. The number of halogens is 2. The Labute approximate surface area is 208 Å². The lowest BCUT2D eigenvalue weighted by atomic mass is 9.73.